The lowest BCUT2D eigenvalue weighted by Gasteiger charge is -2.34. The molecule has 0 aliphatic carbocycles. The fraction of sp³-hybridized carbons (Fsp3) is 0.571. The van der Waals surface area contributed by atoms with Crippen molar-refractivity contribution in [2.24, 2.45) is 11.7 Å². The SMILES string of the molecule is CC1CC(N)CN(Cc2cc(Cl)c3c(c2)OCO3)C1. The molecule has 4 nitrogen and oxygen atoms in total. The zero-order valence-electron chi connectivity index (χ0n) is 11.1. The summed E-state index contributed by atoms with van der Waals surface area (Å²) in [5.74, 6) is 2.05. The fourth-order valence-electron chi connectivity index (χ4n) is 3.01. The molecule has 0 amide bonds. The standard InChI is InChI=1S/C14H19ClN2O2/c1-9-2-11(16)7-17(5-9)6-10-3-12(15)14-13(4-10)18-8-19-14/h3-4,9,11H,2,5-8,16H2,1H3. The van der Waals surface area contributed by atoms with Gasteiger partial charge in [0.2, 0.25) is 6.79 Å². The van der Waals surface area contributed by atoms with Gasteiger partial charge in [-0.3, -0.25) is 4.90 Å². The molecule has 0 spiro atoms. The zero-order chi connectivity index (χ0) is 13.4. The third-order valence-electron chi connectivity index (χ3n) is 3.66. The van der Waals surface area contributed by atoms with Crippen LogP contribution in [0.4, 0.5) is 0 Å². The van der Waals surface area contributed by atoms with Crippen molar-refractivity contribution in [3.63, 3.8) is 0 Å². The Balaban J connectivity index is 1.75. The lowest BCUT2D eigenvalue weighted by atomic mass is 9.96. The van der Waals surface area contributed by atoms with Crippen LogP contribution in [0.5, 0.6) is 11.5 Å². The topological polar surface area (TPSA) is 47.7 Å². The van der Waals surface area contributed by atoms with Gasteiger partial charge in [0.1, 0.15) is 0 Å². The Bertz CT molecular complexity index is 471. The number of nitrogens with two attached hydrogens (primary N) is 1. The summed E-state index contributed by atoms with van der Waals surface area (Å²) in [5, 5.41) is 0.624. The Morgan fingerprint density at radius 1 is 1.37 bits per heavy atom. The van der Waals surface area contributed by atoms with Crippen LogP contribution in [-0.4, -0.2) is 30.8 Å². The maximum atomic E-state index is 6.20. The maximum Gasteiger partial charge on any atom is 0.231 e. The second-order valence-electron chi connectivity index (χ2n) is 5.61. The van der Waals surface area contributed by atoms with Crippen LogP contribution in [-0.2, 0) is 6.54 Å². The minimum absolute atomic E-state index is 0.254. The van der Waals surface area contributed by atoms with E-state index in [0.717, 1.165) is 37.4 Å². The molecule has 3 rings (SSSR count). The minimum Gasteiger partial charge on any atom is -0.454 e. The highest BCUT2D eigenvalue weighted by Gasteiger charge is 2.24. The van der Waals surface area contributed by atoms with Gasteiger partial charge in [-0.15, -0.1) is 0 Å². The molecule has 2 N–H and O–H groups in total. The van der Waals surface area contributed by atoms with Crippen LogP contribution < -0.4 is 15.2 Å². The number of likely N-dealkylation sites (tertiary alicyclic amines) is 1. The first-order chi connectivity index (χ1) is 9.11. The zero-order valence-corrected chi connectivity index (χ0v) is 11.8. The molecule has 2 aliphatic heterocycles. The Morgan fingerprint density at radius 2 is 2.21 bits per heavy atom. The van der Waals surface area contributed by atoms with Crippen molar-refractivity contribution in [2.75, 3.05) is 19.9 Å². The predicted molar refractivity (Wildman–Crippen MR) is 74.6 cm³/mol. The van der Waals surface area contributed by atoms with E-state index in [2.05, 4.69) is 11.8 Å². The molecule has 0 aromatic heterocycles. The van der Waals surface area contributed by atoms with Gasteiger partial charge in [-0.25, -0.2) is 0 Å². The van der Waals surface area contributed by atoms with E-state index in [1.54, 1.807) is 0 Å². The highest BCUT2D eigenvalue weighted by molar-refractivity contribution is 6.32. The summed E-state index contributed by atoms with van der Waals surface area (Å²) in [4.78, 5) is 2.38. The van der Waals surface area contributed by atoms with Crippen LogP contribution in [0.3, 0.4) is 0 Å². The lowest BCUT2D eigenvalue weighted by Crippen LogP contribution is -2.45. The minimum atomic E-state index is 0.254. The smallest absolute Gasteiger partial charge is 0.231 e. The van der Waals surface area contributed by atoms with E-state index in [-0.39, 0.29) is 12.8 Å². The van der Waals surface area contributed by atoms with Crippen LogP contribution >= 0.6 is 11.6 Å². The predicted octanol–water partition coefficient (Wildman–Crippen LogP) is 2.24. The summed E-state index contributed by atoms with van der Waals surface area (Å²) in [6, 6.07) is 4.24. The number of ether oxygens (including phenoxy) is 2. The summed E-state index contributed by atoms with van der Waals surface area (Å²) in [6.07, 6.45) is 1.11. The van der Waals surface area contributed by atoms with Crippen LogP contribution in [0.25, 0.3) is 0 Å². The van der Waals surface area contributed by atoms with Gasteiger partial charge in [-0.05, 0) is 30.0 Å². The van der Waals surface area contributed by atoms with E-state index in [0.29, 0.717) is 16.7 Å². The van der Waals surface area contributed by atoms with E-state index in [9.17, 15) is 0 Å². The molecule has 0 radical (unpaired) electrons. The molecular weight excluding hydrogens is 264 g/mol. The lowest BCUT2D eigenvalue weighted by molar-refractivity contribution is 0.158. The fourth-order valence-corrected chi connectivity index (χ4v) is 3.30. The molecule has 2 aliphatic rings. The second-order valence-corrected chi connectivity index (χ2v) is 6.01. The van der Waals surface area contributed by atoms with Crippen molar-refractivity contribution in [2.45, 2.75) is 25.9 Å². The van der Waals surface area contributed by atoms with E-state index in [1.165, 1.54) is 0 Å². The number of fused-ring (bicyclic) bond motifs is 1. The average Bonchev–Trinajstić information content (AvgIpc) is 2.75. The van der Waals surface area contributed by atoms with Gasteiger partial charge < -0.3 is 15.2 Å². The van der Waals surface area contributed by atoms with E-state index < -0.39 is 0 Å². The summed E-state index contributed by atoms with van der Waals surface area (Å²) < 4.78 is 10.7. The van der Waals surface area contributed by atoms with E-state index in [4.69, 9.17) is 26.8 Å². The summed E-state index contributed by atoms with van der Waals surface area (Å²) in [7, 11) is 0. The second kappa shape index (κ2) is 5.19. The molecule has 0 saturated carbocycles. The molecule has 1 aromatic rings. The van der Waals surface area contributed by atoms with Crippen molar-refractivity contribution < 1.29 is 9.47 Å². The molecule has 1 saturated heterocycles. The monoisotopic (exact) mass is 282 g/mol. The molecule has 1 fully saturated rings. The molecule has 19 heavy (non-hydrogen) atoms. The third kappa shape index (κ3) is 2.81. The largest absolute Gasteiger partial charge is 0.454 e. The van der Waals surface area contributed by atoms with Crippen molar-refractivity contribution in [1.82, 2.24) is 4.90 Å². The number of hydrogen-bond acceptors (Lipinski definition) is 4. The van der Waals surface area contributed by atoms with Crippen LogP contribution in [0.15, 0.2) is 12.1 Å². The van der Waals surface area contributed by atoms with Gasteiger partial charge in [-0.1, -0.05) is 18.5 Å². The number of halogens is 1. The Labute approximate surface area is 118 Å². The van der Waals surface area contributed by atoms with Crippen molar-refractivity contribution in [3.05, 3.63) is 22.7 Å². The highest BCUT2D eigenvalue weighted by atomic mass is 35.5. The normalized spacial score (nSPS) is 26.7. The maximum absolute atomic E-state index is 6.20. The van der Waals surface area contributed by atoms with Gasteiger partial charge in [0, 0.05) is 25.7 Å². The summed E-state index contributed by atoms with van der Waals surface area (Å²) in [5.41, 5.74) is 7.23. The van der Waals surface area contributed by atoms with Crippen LogP contribution in [0.2, 0.25) is 5.02 Å². The molecule has 2 heterocycles. The molecule has 104 valence electrons. The Morgan fingerprint density at radius 3 is 3.00 bits per heavy atom. The number of nitrogens with zero attached hydrogens (tertiary/aromatic N) is 1. The molecule has 2 unspecified atom stereocenters. The number of piperidine rings is 1. The Hall–Kier alpha value is -0.970. The van der Waals surface area contributed by atoms with E-state index in [1.807, 2.05) is 12.1 Å². The van der Waals surface area contributed by atoms with Crippen LogP contribution in [0, 0.1) is 5.92 Å². The first kappa shape index (κ1) is 13.0. The number of benzene rings is 1. The van der Waals surface area contributed by atoms with Gasteiger partial charge in [0.25, 0.3) is 0 Å². The summed E-state index contributed by atoms with van der Waals surface area (Å²) in [6.45, 7) is 5.38. The van der Waals surface area contributed by atoms with Gasteiger partial charge in [0.15, 0.2) is 11.5 Å². The van der Waals surface area contributed by atoms with Crippen molar-refractivity contribution >= 4 is 11.6 Å². The molecule has 2 atom stereocenters. The van der Waals surface area contributed by atoms with Gasteiger partial charge >= 0.3 is 0 Å². The molecule has 0 bridgehead atoms. The van der Waals surface area contributed by atoms with Crippen molar-refractivity contribution in [3.8, 4) is 11.5 Å². The van der Waals surface area contributed by atoms with Gasteiger partial charge in [0.05, 0.1) is 5.02 Å². The van der Waals surface area contributed by atoms with Gasteiger partial charge in [-0.2, -0.15) is 0 Å². The molecule has 5 heteroatoms. The molecular formula is C14H19ClN2O2. The first-order valence-corrected chi connectivity index (χ1v) is 7.05. The van der Waals surface area contributed by atoms with Crippen LogP contribution in [0.1, 0.15) is 18.9 Å². The third-order valence-corrected chi connectivity index (χ3v) is 3.94. The number of hydrogen-bond donors (Lipinski definition) is 1. The van der Waals surface area contributed by atoms with E-state index >= 15 is 0 Å². The Kier molecular flexibility index (Phi) is 3.56. The highest BCUT2D eigenvalue weighted by Crippen LogP contribution is 2.40. The van der Waals surface area contributed by atoms with Crippen molar-refractivity contribution in [1.29, 1.82) is 0 Å². The number of rotatable bonds is 2. The quantitative estimate of drug-likeness (QED) is 0.904. The first-order valence-electron chi connectivity index (χ1n) is 6.68. The summed E-state index contributed by atoms with van der Waals surface area (Å²) >= 11 is 6.20. The molecule has 1 aromatic carbocycles. The average molecular weight is 283 g/mol.